The van der Waals surface area contributed by atoms with Gasteiger partial charge in [0.05, 0.1) is 23.9 Å². The Bertz CT molecular complexity index is 1010. The van der Waals surface area contributed by atoms with Gasteiger partial charge in [0.15, 0.2) is 0 Å². The summed E-state index contributed by atoms with van der Waals surface area (Å²) < 4.78 is 5.21. The molecule has 0 atom stereocenters. The first-order chi connectivity index (χ1) is 14.9. The average molecular weight is 435 g/mol. The number of nitrogens with zero attached hydrogens (tertiary/aromatic N) is 3. The van der Waals surface area contributed by atoms with Gasteiger partial charge < -0.3 is 4.74 Å². The molecule has 31 heavy (non-hydrogen) atoms. The molecule has 1 heterocycles. The van der Waals surface area contributed by atoms with Crippen LogP contribution in [0.2, 0.25) is 0 Å². The van der Waals surface area contributed by atoms with E-state index in [0.717, 1.165) is 34.8 Å². The van der Waals surface area contributed by atoms with Crippen molar-refractivity contribution in [2.45, 2.75) is 39.5 Å². The first-order valence-corrected chi connectivity index (χ1v) is 10.7. The van der Waals surface area contributed by atoms with E-state index in [1.54, 1.807) is 17.1 Å². The number of nitriles is 1. The number of amides is 1. The van der Waals surface area contributed by atoms with Crippen LogP contribution in [0.3, 0.4) is 0 Å². The second-order valence-corrected chi connectivity index (χ2v) is 8.45. The monoisotopic (exact) mass is 434 g/mol. The van der Waals surface area contributed by atoms with E-state index in [9.17, 15) is 10.1 Å². The number of rotatable bonds is 6. The molecular weight excluding hydrogens is 408 g/mol. The van der Waals surface area contributed by atoms with Gasteiger partial charge in [-0.2, -0.15) is 10.4 Å². The number of nitrogens with one attached hydrogen (secondary N) is 1. The van der Waals surface area contributed by atoms with Crippen LogP contribution >= 0.6 is 12.2 Å². The third-order valence-corrected chi connectivity index (χ3v) is 4.96. The predicted molar refractivity (Wildman–Crippen MR) is 127 cm³/mol. The molecule has 1 aromatic carbocycles. The highest BCUT2D eigenvalue weighted by molar-refractivity contribution is 7.80. The SMILES string of the molecule is CC(C)COC(=O)NC1=CCCC(CC2=NN(c3cccc(C#N)c3)C=CC(=S)C2)=C1. The lowest BCUT2D eigenvalue weighted by Gasteiger charge is -2.18. The third kappa shape index (κ3) is 6.90. The molecule has 1 amide bonds. The normalized spacial score (nSPS) is 16.1. The molecule has 2 aliphatic rings. The number of anilines is 1. The summed E-state index contributed by atoms with van der Waals surface area (Å²) in [7, 11) is 0. The largest absolute Gasteiger partial charge is 0.449 e. The van der Waals surface area contributed by atoms with E-state index in [0.29, 0.717) is 30.9 Å². The fourth-order valence-electron chi connectivity index (χ4n) is 3.24. The van der Waals surface area contributed by atoms with Crippen molar-refractivity contribution in [2.75, 3.05) is 11.6 Å². The van der Waals surface area contributed by atoms with Crippen LogP contribution in [0.25, 0.3) is 0 Å². The summed E-state index contributed by atoms with van der Waals surface area (Å²) in [5.74, 6) is 0.291. The molecule has 1 N–H and O–H groups in total. The zero-order valence-electron chi connectivity index (χ0n) is 17.8. The van der Waals surface area contributed by atoms with E-state index in [1.807, 2.05) is 50.4 Å². The second-order valence-electron chi connectivity index (χ2n) is 7.93. The van der Waals surface area contributed by atoms with Gasteiger partial charge in [0.1, 0.15) is 0 Å². The molecule has 0 unspecified atom stereocenters. The third-order valence-electron chi connectivity index (χ3n) is 4.68. The second kappa shape index (κ2) is 10.7. The maximum atomic E-state index is 12.0. The summed E-state index contributed by atoms with van der Waals surface area (Å²) in [6.07, 6.45) is 10.3. The summed E-state index contributed by atoms with van der Waals surface area (Å²) >= 11 is 5.47. The van der Waals surface area contributed by atoms with Crippen molar-refractivity contribution in [3.05, 3.63) is 65.5 Å². The van der Waals surface area contributed by atoms with Gasteiger partial charge in [-0.1, -0.05) is 43.8 Å². The van der Waals surface area contributed by atoms with Crippen molar-refractivity contribution < 1.29 is 9.53 Å². The lowest BCUT2D eigenvalue weighted by molar-refractivity contribution is 0.136. The number of alkyl carbamates (subject to hydrolysis) is 1. The first-order valence-electron chi connectivity index (χ1n) is 10.3. The van der Waals surface area contributed by atoms with Crippen LogP contribution in [0.1, 0.15) is 45.1 Å². The maximum Gasteiger partial charge on any atom is 0.411 e. The number of allylic oxidation sites excluding steroid dienone is 4. The smallest absolute Gasteiger partial charge is 0.411 e. The fraction of sp³-hybridized carbons (Fsp3) is 0.333. The van der Waals surface area contributed by atoms with Gasteiger partial charge in [-0.05, 0) is 49.1 Å². The minimum absolute atomic E-state index is 0.291. The van der Waals surface area contributed by atoms with E-state index in [1.165, 1.54) is 5.57 Å². The molecule has 160 valence electrons. The molecular formula is C24H26N4O2S. The Labute approximate surface area is 188 Å². The molecule has 1 aliphatic heterocycles. The Balaban J connectivity index is 1.72. The van der Waals surface area contributed by atoms with Gasteiger partial charge in [-0.25, -0.2) is 9.80 Å². The minimum atomic E-state index is -0.432. The summed E-state index contributed by atoms with van der Waals surface area (Å²) in [5, 5.41) is 18.5. The van der Waals surface area contributed by atoms with Gasteiger partial charge in [-0.3, -0.25) is 5.32 Å². The number of hydrogen-bond donors (Lipinski definition) is 1. The molecule has 0 radical (unpaired) electrons. The van der Waals surface area contributed by atoms with E-state index >= 15 is 0 Å². The zero-order valence-corrected chi connectivity index (χ0v) is 18.6. The number of thiocarbonyl (C=S) groups is 1. The van der Waals surface area contributed by atoms with Crippen molar-refractivity contribution in [2.24, 2.45) is 11.0 Å². The zero-order chi connectivity index (χ0) is 22.2. The van der Waals surface area contributed by atoms with Crippen molar-refractivity contribution in [1.82, 2.24) is 5.32 Å². The van der Waals surface area contributed by atoms with Gasteiger partial charge in [0.2, 0.25) is 0 Å². The maximum absolute atomic E-state index is 12.0. The van der Waals surface area contributed by atoms with E-state index < -0.39 is 6.09 Å². The Morgan fingerprint density at radius 2 is 2.26 bits per heavy atom. The number of ether oxygens (including phenoxy) is 1. The van der Waals surface area contributed by atoms with Crippen LogP contribution in [0.15, 0.2) is 65.1 Å². The molecule has 6 nitrogen and oxygen atoms in total. The minimum Gasteiger partial charge on any atom is -0.449 e. The van der Waals surface area contributed by atoms with Crippen molar-refractivity contribution in [3.63, 3.8) is 0 Å². The van der Waals surface area contributed by atoms with Crippen LogP contribution in [0.5, 0.6) is 0 Å². The van der Waals surface area contributed by atoms with Gasteiger partial charge in [-0.15, -0.1) is 0 Å². The van der Waals surface area contributed by atoms with E-state index in [-0.39, 0.29) is 0 Å². The number of carbonyl (C=O) groups is 1. The van der Waals surface area contributed by atoms with Crippen LogP contribution in [0.4, 0.5) is 10.5 Å². The van der Waals surface area contributed by atoms with E-state index in [4.69, 9.17) is 22.1 Å². The lowest BCUT2D eigenvalue weighted by atomic mass is 9.96. The molecule has 0 saturated heterocycles. The number of benzene rings is 1. The quantitative estimate of drug-likeness (QED) is 0.608. The summed E-state index contributed by atoms with van der Waals surface area (Å²) in [5.41, 5.74) is 4.26. The van der Waals surface area contributed by atoms with Crippen molar-refractivity contribution >= 4 is 34.6 Å². The standard InChI is InChI=1S/C24H26N4O2S/c1-17(2)16-30-24(29)26-20-7-3-5-18(11-20)12-21-14-23(31)9-10-28(27-21)22-8-4-6-19(13-22)15-25/h4,6-11,13,17H,3,5,12,14,16H2,1-2H3,(H,26,29). The molecule has 1 aromatic rings. The number of hydrazone groups is 1. The van der Waals surface area contributed by atoms with E-state index in [2.05, 4.69) is 11.4 Å². The highest BCUT2D eigenvalue weighted by Crippen LogP contribution is 2.24. The van der Waals surface area contributed by atoms with Gasteiger partial charge in [0.25, 0.3) is 0 Å². The van der Waals surface area contributed by atoms with Crippen LogP contribution in [-0.4, -0.2) is 23.3 Å². The molecule has 0 fully saturated rings. The fourth-order valence-corrected chi connectivity index (χ4v) is 3.47. The summed E-state index contributed by atoms with van der Waals surface area (Å²) in [6, 6.07) is 9.47. The Morgan fingerprint density at radius 3 is 3.03 bits per heavy atom. The molecule has 0 spiro atoms. The lowest BCUT2D eigenvalue weighted by Crippen LogP contribution is -2.25. The Hall–Kier alpha value is -3.24. The number of hydrogen-bond acceptors (Lipinski definition) is 6. The van der Waals surface area contributed by atoms with Gasteiger partial charge in [0, 0.05) is 35.3 Å². The topological polar surface area (TPSA) is 77.7 Å². The predicted octanol–water partition coefficient (Wildman–Crippen LogP) is 5.38. The van der Waals surface area contributed by atoms with Gasteiger partial charge >= 0.3 is 6.09 Å². The average Bonchev–Trinajstić information content (AvgIpc) is 2.93. The summed E-state index contributed by atoms with van der Waals surface area (Å²) in [4.78, 5) is 12.8. The molecule has 7 heteroatoms. The molecule has 0 aromatic heterocycles. The van der Waals surface area contributed by atoms with Crippen LogP contribution in [-0.2, 0) is 4.74 Å². The van der Waals surface area contributed by atoms with Crippen molar-refractivity contribution in [3.8, 4) is 6.07 Å². The molecule has 0 saturated carbocycles. The molecule has 1 aliphatic carbocycles. The molecule has 3 rings (SSSR count). The summed E-state index contributed by atoms with van der Waals surface area (Å²) in [6.45, 7) is 4.38. The van der Waals surface area contributed by atoms with Crippen LogP contribution < -0.4 is 10.3 Å². The Morgan fingerprint density at radius 1 is 1.42 bits per heavy atom. The Kier molecular flexibility index (Phi) is 7.74. The number of carbonyl (C=O) groups excluding carboxylic acids is 1. The van der Waals surface area contributed by atoms with Crippen LogP contribution in [0, 0.1) is 17.2 Å². The highest BCUT2D eigenvalue weighted by atomic mass is 32.1. The first kappa shape index (κ1) is 22.4. The van der Waals surface area contributed by atoms with Crippen molar-refractivity contribution in [1.29, 1.82) is 5.26 Å². The molecule has 0 bridgehead atoms. The highest BCUT2D eigenvalue weighted by Gasteiger charge is 2.16.